The molecule has 0 aliphatic carbocycles. The molecule has 0 bridgehead atoms. The van der Waals surface area contributed by atoms with Gasteiger partial charge in [0.25, 0.3) is 0 Å². The smallest absolute Gasteiger partial charge is 0.212 e. The van der Waals surface area contributed by atoms with Gasteiger partial charge >= 0.3 is 0 Å². The molecule has 1 unspecified atom stereocenters. The normalized spacial score (nSPS) is 14.8. The summed E-state index contributed by atoms with van der Waals surface area (Å²) in [6, 6.07) is -0.239. The Balaban J connectivity index is 3.99. The van der Waals surface area contributed by atoms with Gasteiger partial charge in [0.1, 0.15) is 0 Å². The quantitative estimate of drug-likeness (QED) is 0.587. The second-order valence-electron chi connectivity index (χ2n) is 3.87. The first kappa shape index (κ1) is 16.8. The fraction of sp³-hybridized carbons (Fsp3) is 1.00. The Labute approximate surface area is 104 Å². The lowest BCUT2D eigenvalue weighted by atomic mass is 10.4. The van der Waals surface area contributed by atoms with Crippen LogP contribution in [0, 0.1) is 0 Å². The van der Waals surface area contributed by atoms with Crippen molar-refractivity contribution in [1.29, 1.82) is 0 Å². The van der Waals surface area contributed by atoms with E-state index in [4.69, 9.17) is 0 Å². The van der Waals surface area contributed by atoms with Crippen molar-refractivity contribution < 1.29 is 16.8 Å². The van der Waals surface area contributed by atoms with E-state index in [2.05, 4.69) is 10.0 Å². The first-order valence-corrected chi connectivity index (χ1v) is 9.11. The van der Waals surface area contributed by atoms with E-state index in [0.29, 0.717) is 6.54 Å². The van der Waals surface area contributed by atoms with E-state index < -0.39 is 19.9 Å². The monoisotopic (exact) mass is 286 g/mol. The van der Waals surface area contributed by atoms with Gasteiger partial charge in [-0.1, -0.05) is 13.8 Å². The van der Waals surface area contributed by atoms with Crippen molar-refractivity contribution in [1.82, 2.24) is 10.0 Å². The molecule has 1 atom stereocenters. The predicted octanol–water partition coefficient (Wildman–Crippen LogP) is -0.661. The van der Waals surface area contributed by atoms with Crippen LogP contribution in [0.3, 0.4) is 0 Å². The highest BCUT2D eigenvalue weighted by Crippen LogP contribution is 1.94. The van der Waals surface area contributed by atoms with Crippen molar-refractivity contribution in [2.75, 3.05) is 30.3 Å². The maximum Gasteiger partial charge on any atom is 0.212 e. The van der Waals surface area contributed by atoms with Gasteiger partial charge in [-0.3, -0.25) is 0 Å². The fourth-order valence-electron chi connectivity index (χ4n) is 1.29. The van der Waals surface area contributed by atoms with Gasteiger partial charge in [-0.05, 0) is 6.92 Å². The summed E-state index contributed by atoms with van der Waals surface area (Å²) in [5.41, 5.74) is 0. The molecule has 0 aromatic carbocycles. The lowest BCUT2D eigenvalue weighted by Gasteiger charge is -2.13. The number of hydrogen-bond acceptors (Lipinski definition) is 5. The molecule has 0 aromatic heterocycles. The minimum Gasteiger partial charge on any atom is -0.312 e. The second-order valence-corrected chi connectivity index (χ2v) is 8.20. The van der Waals surface area contributed by atoms with E-state index in [-0.39, 0.29) is 29.8 Å². The summed E-state index contributed by atoms with van der Waals surface area (Å²) in [5.74, 6) is 0.0941. The largest absolute Gasteiger partial charge is 0.312 e. The zero-order valence-electron chi connectivity index (χ0n) is 10.6. The highest BCUT2D eigenvalue weighted by Gasteiger charge is 2.14. The molecule has 0 spiro atoms. The summed E-state index contributed by atoms with van der Waals surface area (Å²) in [6.07, 6.45) is 0. The second kappa shape index (κ2) is 7.30. The van der Waals surface area contributed by atoms with Crippen LogP contribution in [0.1, 0.15) is 20.8 Å². The van der Waals surface area contributed by atoms with Crippen molar-refractivity contribution in [2.45, 2.75) is 26.8 Å². The molecule has 2 N–H and O–H groups in total. The first-order chi connectivity index (χ1) is 7.72. The molecular formula is C9H22N2O4S2. The number of hydrogen-bond donors (Lipinski definition) is 2. The average Bonchev–Trinajstić information content (AvgIpc) is 2.16. The Hall–Kier alpha value is -0.180. The predicted molar refractivity (Wildman–Crippen MR) is 69.3 cm³/mol. The molecule has 0 saturated heterocycles. The molecule has 104 valence electrons. The van der Waals surface area contributed by atoms with E-state index in [1.165, 1.54) is 0 Å². The fourth-order valence-corrected chi connectivity index (χ4v) is 3.38. The number of rotatable bonds is 9. The van der Waals surface area contributed by atoms with Gasteiger partial charge in [0.15, 0.2) is 9.84 Å². The number of sulfone groups is 1. The Morgan fingerprint density at radius 3 is 2.18 bits per heavy atom. The van der Waals surface area contributed by atoms with Gasteiger partial charge in [-0.15, -0.1) is 0 Å². The minimum absolute atomic E-state index is 0.0325. The van der Waals surface area contributed by atoms with Crippen LogP contribution in [-0.2, 0) is 19.9 Å². The van der Waals surface area contributed by atoms with Crippen LogP contribution in [-0.4, -0.2) is 53.2 Å². The third-order valence-corrected chi connectivity index (χ3v) is 5.53. The topological polar surface area (TPSA) is 92.3 Å². The van der Waals surface area contributed by atoms with E-state index in [1.807, 2.05) is 0 Å². The molecule has 0 fully saturated rings. The first-order valence-electron chi connectivity index (χ1n) is 5.63. The maximum absolute atomic E-state index is 11.3. The molecule has 0 saturated carbocycles. The summed E-state index contributed by atoms with van der Waals surface area (Å²) >= 11 is 0. The molecule has 0 amide bonds. The summed E-state index contributed by atoms with van der Waals surface area (Å²) in [7, 11) is -6.26. The average molecular weight is 286 g/mol. The third kappa shape index (κ3) is 8.53. The van der Waals surface area contributed by atoms with Crippen molar-refractivity contribution in [3.63, 3.8) is 0 Å². The Morgan fingerprint density at radius 1 is 1.12 bits per heavy atom. The van der Waals surface area contributed by atoms with E-state index in [0.717, 1.165) is 0 Å². The van der Waals surface area contributed by atoms with Crippen LogP contribution in [0.4, 0.5) is 0 Å². The van der Waals surface area contributed by atoms with Crippen molar-refractivity contribution in [3.05, 3.63) is 0 Å². The van der Waals surface area contributed by atoms with Crippen molar-refractivity contribution in [3.8, 4) is 0 Å². The van der Waals surface area contributed by atoms with Gasteiger partial charge < -0.3 is 5.32 Å². The number of sulfonamides is 1. The van der Waals surface area contributed by atoms with Crippen LogP contribution >= 0.6 is 0 Å². The molecule has 0 aromatic rings. The zero-order chi connectivity index (χ0) is 13.5. The van der Waals surface area contributed by atoms with Gasteiger partial charge in [-0.25, -0.2) is 21.6 Å². The Morgan fingerprint density at radius 2 is 1.71 bits per heavy atom. The standard InChI is InChI=1S/C9H22N2O4S2/c1-4-11-17(14,15)7-6-10-9(3)8-16(12,13)5-2/h9-11H,4-8H2,1-3H3. The molecule has 0 aliphatic rings. The Bertz CT molecular complexity index is 403. The van der Waals surface area contributed by atoms with Crippen molar-refractivity contribution >= 4 is 19.9 Å². The van der Waals surface area contributed by atoms with E-state index in [1.54, 1.807) is 20.8 Å². The van der Waals surface area contributed by atoms with Gasteiger partial charge in [-0.2, -0.15) is 0 Å². The van der Waals surface area contributed by atoms with Gasteiger partial charge in [0.2, 0.25) is 10.0 Å². The lowest BCUT2D eigenvalue weighted by molar-refractivity contribution is 0.558. The molecular weight excluding hydrogens is 264 g/mol. The summed E-state index contributed by atoms with van der Waals surface area (Å²) in [4.78, 5) is 0. The minimum atomic E-state index is -3.24. The summed E-state index contributed by atoms with van der Waals surface area (Å²) < 4.78 is 47.5. The molecule has 0 heterocycles. The highest BCUT2D eigenvalue weighted by atomic mass is 32.2. The van der Waals surface area contributed by atoms with Crippen LogP contribution in [0.15, 0.2) is 0 Å². The number of nitrogens with one attached hydrogen (secondary N) is 2. The highest BCUT2D eigenvalue weighted by molar-refractivity contribution is 7.91. The Kier molecular flexibility index (Phi) is 7.22. The van der Waals surface area contributed by atoms with Gasteiger partial charge in [0.05, 0.1) is 11.5 Å². The molecule has 6 nitrogen and oxygen atoms in total. The van der Waals surface area contributed by atoms with Gasteiger partial charge in [0, 0.05) is 24.9 Å². The van der Waals surface area contributed by atoms with E-state index >= 15 is 0 Å². The third-order valence-electron chi connectivity index (χ3n) is 2.17. The van der Waals surface area contributed by atoms with Crippen LogP contribution in [0.5, 0.6) is 0 Å². The molecule has 0 aliphatic heterocycles. The lowest BCUT2D eigenvalue weighted by Crippen LogP contribution is -2.38. The molecule has 17 heavy (non-hydrogen) atoms. The molecule has 0 radical (unpaired) electrons. The summed E-state index contributed by atoms with van der Waals surface area (Å²) in [6.45, 7) is 5.64. The van der Waals surface area contributed by atoms with Crippen LogP contribution in [0.2, 0.25) is 0 Å². The maximum atomic E-state index is 11.3. The van der Waals surface area contributed by atoms with Crippen molar-refractivity contribution in [2.24, 2.45) is 0 Å². The van der Waals surface area contributed by atoms with E-state index in [9.17, 15) is 16.8 Å². The molecule has 0 rings (SSSR count). The SMILES string of the molecule is CCNS(=O)(=O)CCNC(C)CS(=O)(=O)CC. The van der Waals surface area contributed by atoms with Crippen LogP contribution < -0.4 is 10.0 Å². The zero-order valence-corrected chi connectivity index (χ0v) is 12.2. The molecule has 8 heteroatoms. The van der Waals surface area contributed by atoms with Crippen LogP contribution in [0.25, 0.3) is 0 Å². The summed E-state index contributed by atoms with van der Waals surface area (Å²) in [5, 5.41) is 2.89.